The molecule has 1 aliphatic rings. The number of nitrogens with zero attached hydrogens (tertiary/aromatic N) is 1. The maximum atomic E-state index is 12.6. The van der Waals surface area contributed by atoms with E-state index in [1.165, 1.54) is 36.1 Å². The molecule has 5 nitrogen and oxygen atoms in total. The van der Waals surface area contributed by atoms with Crippen LogP contribution in [0.2, 0.25) is 0 Å². The van der Waals surface area contributed by atoms with Gasteiger partial charge in [-0.3, -0.25) is 9.59 Å². The maximum absolute atomic E-state index is 12.6. The van der Waals surface area contributed by atoms with Crippen molar-refractivity contribution in [3.8, 4) is 5.75 Å². The molecule has 1 atom stereocenters. The number of carbonyl (C=O) groups is 2. The highest BCUT2D eigenvalue weighted by molar-refractivity contribution is 6.08. The van der Waals surface area contributed by atoms with Crippen LogP contribution in [0.15, 0.2) is 65.9 Å². The number of aliphatic hydroxyl groups is 1. The fourth-order valence-electron chi connectivity index (χ4n) is 3.32. The summed E-state index contributed by atoms with van der Waals surface area (Å²) >= 11 is 0. The van der Waals surface area contributed by atoms with Crippen LogP contribution in [-0.4, -0.2) is 34.9 Å². The zero-order valence-corrected chi connectivity index (χ0v) is 15.1. The quantitative estimate of drug-likeness (QED) is 0.785. The molecule has 0 bridgehead atoms. The second kappa shape index (κ2) is 8.21. The van der Waals surface area contributed by atoms with Gasteiger partial charge in [0.1, 0.15) is 5.75 Å². The second-order valence-corrected chi connectivity index (χ2v) is 6.40. The van der Waals surface area contributed by atoms with Gasteiger partial charge in [0.15, 0.2) is 11.5 Å². The van der Waals surface area contributed by atoms with Gasteiger partial charge < -0.3 is 14.7 Å². The summed E-state index contributed by atoms with van der Waals surface area (Å²) in [4.78, 5) is 26.1. The van der Waals surface area contributed by atoms with Crippen molar-refractivity contribution in [2.75, 3.05) is 6.54 Å². The maximum Gasteiger partial charge on any atom is 0.387 e. The van der Waals surface area contributed by atoms with Crippen LogP contribution in [0.3, 0.4) is 0 Å². The van der Waals surface area contributed by atoms with Gasteiger partial charge in [-0.05, 0) is 36.6 Å². The first-order chi connectivity index (χ1) is 13.4. The molecule has 0 fully saturated rings. The van der Waals surface area contributed by atoms with Crippen LogP contribution < -0.4 is 4.74 Å². The van der Waals surface area contributed by atoms with Crippen molar-refractivity contribution < 1.29 is 28.2 Å². The third kappa shape index (κ3) is 4.03. The predicted octanol–water partition coefficient (Wildman–Crippen LogP) is 3.82. The molecular weight excluding hydrogens is 368 g/mol. The molecule has 1 unspecified atom stereocenters. The lowest BCUT2D eigenvalue weighted by Crippen LogP contribution is -2.32. The Hall–Kier alpha value is -3.22. The molecule has 0 spiro atoms. The minimum atomic E-state index is -2.95. The smallest absolute Gasteiger partial charge is 0.387 e. The minimum absolute atomic E-state index is 0.000546. The standard InChI is InChI=1S/C21H19F2NO4/c1-13(25)17-18(15-7-9-16(10-8-15)28-21(22)23)24(20(27)19(17)26)12-11-14-5-3-2-4-6-14/h2-10,18,21,26H,11-12H2,1H3. The van der Waals surface area contributed by atoms with E-state index in [0.29, 0.717) is 12.0 Å². The molecule has 1 aliphatic heterocycles. The van der Waals surface area contributed by atoms with Crippen LogP contribution in [-0.2, 0) is 16.0 Å². The van der Waals surface area contributed by atoms with Crippen LogP contribution in [0.4, 0.5) is 8.78 Å². The Morgan fingerprint density at radius 3 is 2.36 bits per heavy atom. The van der Waals surface area contributed by atoms with Gasteiger partial charge in [-0.25, -0.2) is 0 Å². The number of ketones is 1. The van der Waals surface area contributed by atoms with E-state index in [2.05, 4.69) is 4.74 Å². The van der Waals surface area contributed by atoms with Crippen molar-refractivity contribution >= 4 is 11.7 Å². The van der Waals surface area contributed by atoms with Crippen molar-refractivity contribution in [3.63, 3.8) is 0 Å². The molecule has 0 aromatic heterocycles. The number of hydrogen-bond donors (Lipinski definition) is 1. The monoisotopic (exact) mass is 387 g/mol. The SMILES string of the molecule is CC(=O)C1=C(O)C(=O)N(CCc2ccccc2)C1c1ccc(OC(F)F)cc1. The summed E-state index contributed by atoms with van der Waals surface area (Å²) in [6.07, 6.45) is 0.536. The third-order valence-electron chi connectivity index (χ3n) is 4.59. The highest BCUT2D eigenvalue weighted by Gasteiger charge is 2.42. The number of rotatable bonds is 7. The van der Waals surface area contributed by atoms with Gasteiger partial charge in [0.25, 0.3) is 5.91 Å². The van der Waals surface area contributed by atoms with Gasteiger partial charge in [0.05, 0.1) is 11.6 Å². The van der Waals surface area contributed by atoms with Crippen LogP contribution in [0, 0.1) is 0 Å². The molecule has 146 valence electrons. The lowest BCUT2D eigenvalue weighted by atomic mass is 9.96. The highest BCUT2D eigenvalue weighted by Crippen LogP contribution is 2.38. The average molecular weight is 387 g/mol. The normalized spacial score (nSPS) is 16.8. The van der Waals surface area contributed by atoms with E-state index in [1.54, 1.807) is 0 Å². The first-order valence-electron chi connectivity index (χ1n) is 8.72. The number of amides is 1. The molecule has 1 amide bonds. The van der Waals surface area contributed by atoms with E-state index in [4.69, 9.17) is 0 Å². The number of hydrogen-bond acceptors (Lipinski definition) is 4. The number of carbonyl (C=O) groups excluding carboxylic acids is 2. The lowest BCUT2D eigenvalue weighted by Gasteiger charge is -2.26. The van der Waals surface area contributed by atoms with Crippen molar-refractivity contribution in [1.29, 1.82) is 0 Å². The van der Waals surface area contributed by atoms with Crippen LogP contribution in [0.5, 0.6) is 5.75 Å². The summed E-state index contributed by atoms with van der Waals surface area (Å²) in [7, 11) is 0. The van der Waals surface area contributed by atoms with Gasteiger partial charge in [-0.1, -0.05) is 42.5 Å². The first kappa shape index (κ1) is 19.5. The Labute approximate surface area is 160 Å². The molecule has 0 aliphatic carbocycles. The van der Waals surface area contributed by atoms with Crippen LogP contribution in [0.1, 0.15) is 24.1 Å². The molecule has 0 radical (unpaired) electrons. The lowest BCUT2D eigenvalue weighted by molar-refractivity contribution is -0.129. The van der Waals surface area contributed by atoms with Gasteiger partial charge in [-0.15, -0.1) is 0 Å². The number of aliphatic hydroxyl groups excluding tert-OH is 1. The zero-order chi connectivity index (χ0) is 20.3. The minimum Gasteiger partial charge on any atom is -0.503 e. The third-order valence-corrected chi connectivity index (χ3v) is 4.59. The fourth-order valence-corrected chi connectivity index (χ4v) is 3.32. The second-order valence-electron chi connectivity index (χ2n) is 6.40. The van der Waals surface area contributed by atoms with E-state index >= 15 is 0 Å². The fraction of sp³-hybridized carbons (Fsp3) is 0.238. The van der Waals surface area contributed by atoms with Crippen LogP contribution in [0.25, 0.3) is 0 Å². The van der Waals surface area contributed by atoms with Crippen molar-refractivity contribution in [1.82, 2.24) is 4.90 Å². The average Bonchev–Trinajstić information content (AvgIpc) is 2.92. The summed E-state index contributed by atoms with van der Waals surface area (Å²) in [5, 5.41) is 10.2. The molecule has 0 saturated carbocycles. The molecular formula is C21H19F2NO4. The number of benzene rings is 2. The van der Waals surface area contributed by atoms with Gasteiger partial charge in [0, 0.05) is 6.54 Å². The van der Waals surface area contributed by atoms with Gasteiger partial charge in [-0.2, -0.15) is 8.78 Å². The largest absolute Gasteiger partial charge is 0.503 e. The van der Waals surface area contributed by atoms with Crippen molar-refractivity contribution in [3.05, 3.63) is 77.1 Å². The number of halogens is 2. The molecule has 28 heavy (non-hydrogen) atoms. The number of ether oxygens (including phenoxy) is 1. The molecule has 1 N–H and O–H groups in total. The predicted molar refractivity (Wildman–Crippen MR) is 98.0 cm³/mol. The Morgan fingerprint density at radius 1 is 1.14 bits per heavy atom. The Morgan fingerprint density at radius 2 is 1.79 bits per heavy atom. The molecule has 3 rings (SSSR count). The summed E-state index contributed by atoms with van der Waals surface area (Å²) in [6.45, 7) is -1.39. The topological polar surface area (TPSA) is 66.8 Å². The first-order valence-corrected chi connectivity index (χ1v) is 8.72. The van der Waals surface area contributed by atoms with Crippen molar-refractivity contribution in [2.24, 2.45) is 0 Å². The molecule has 2 aromatic carbocycles. The number of Topliss-reactive ketones (excluding diaryl/α,β-unsaturated/α-hetero) is 1. The van der Waals surface area contributed by atoms with Gasteiger partial charge in [0.2, 0.25) is 0 Å². The van der Waals surface area contributed by atoms with Crippen LogP contribution >= 0.6 is 0 Å². The summed E-state index contributed by atoms with van der Waals surface area (Å²) in [5.74, 6) is -1.65. The molecule has 7 heteroatoms. The number of alkyl halides is 2. The summed E-state index contributed by atoms with van der Waals surface area (Å²) < 4.78 is 29.0. The zero-order valence-electron chi connectivity index (χ0n) is 15.1. The Bertz CT molecular complexity index is 894. The molecule has 2 aromatic rings. The van der Waals surface area contributed by atoms with E-state index in [0.717, 1.165) is 5.56 Å². The van der Waals surface area contributed by atoms with E-state index in [1.807, 2.05) is 30.3 Å². The van der Waals surface area contributed by atoms with E-state index < -0.39 is 30.1 Å². The molecule has 1 heterocycles. The Kier molecular flexibility index (Phi) is 5.73. The van der Waals surface area contributed by atoms with Crippen molar-refractivity contribution in [2.45, 2.75) is 26.0 Å². The summed E-state index contributed by atoms with van der Waals surface area (Å²) in [5.41, 5.74) is 1.53. The summed E-state index contributed by atoms with van der Waals surface area (Å²) in [6, 6.07) is 14.4. The van der Waals surface area contributed by atoms with E-state index in [9.17, 15) is 23.5 Å². The van der Waals surface area contributed by atoms with Gasteiger partial charge >= 0.3 is 6.61 Å². The Balaban J connectivity index is 1.90. The molecule has 0 saturated heterocycles. The van der Waals surface area contributed by atoms with E-state index in [-0.39, 0.29) is 17.9 Å². The highest BCUT2D eigenvalue weighted by atomic mass is 19.3.